The number of alkyl carbamates (subject to hydrolysis) is 1. The third-order valence-corrected chi connectivity index (χ3v) is 9.32. The topological polar surface area (TPSA) is 108 Å². The van der Waals surface area contributed by atoms with Gasteiger partial charge in [0.25, 0.3) is 0 Å². The Labute approximate surface area is 246 Å². The molecule has 2 aliphatic carbocycles. The zero-order valence-electron chi connectivity index (χ0n) is 23.7. The molecule has 3 aliphatic rings. The number of carboxylic acids is 1. The summed E-state index contributed by atoms with van der Waals surface area (Å²) in [5, 5.41) is 15.8. The lowest BCUT2D eigenvalue weighted by Crippen LogP contribution is -2.61. The molecule has 3 aromatic carbocycles. The summed E-state index contributed by atoms with van der Waals surface area (Å²) in [6.45, 7) is 1.75. The Morgan fingerprint density at radius 3 is 2.12 bits per heavy atom. The summed E-state index contributed by atoms with van der Waals surface area (Å²) in [4.78, 5) is 41.4. The maximum atomic E-state index is 13.8. The second-order valence-corrected chi connectivity index (χ2v) is 12.0. The molecule has 0 radical (unpaired) electrons. The SMILES string of the molecule is O=C(NC1(C(=O)NCC2(C(=O)O)CCCC2)CCN(Cc2ccccc2)C1)OCC1c2ccccc2-c2ccccc21. The fraction of sp³-hybridized carbons (Fsp3) is 0.382. The van der Waals surface area contributed by atoms with Crippen molar-refractivity contribution in [2.24, 2.45) is 5.41 Å². The first-order valence-corrected chi connectivity index (χ1v) is 14.8. The largest absolute Gasteiger partial charge is 0.481 e. The van der Waals surface area contributed by atoms with E-state index in [-0.39, 0.29) is 25.0 Å². The monoisotopic (exact) mass is 567 g/mol. The minimum Gasteiger partial charge on any atom is -0.481 e. The van der Waals surface area contributed by atoms with Crippen molar-refractivity contribution in [2.75, 3.05) is 26.2 Å². The zero-order valence-corrected chi connectivity index (χ0v) is 23.7. The van der Waals surface area contributed by atoms with Gasteiger partial charge in [0.2, 0.25) is 5.91 Å². The highest BCUT2D eigenvalue weighted by molar-refractivity contribution is 5.91. The van der Waals surface area contributed by atoms with E-state index in [0.29, 0.717) is 38.9 Å². The number of carboxylic acid groups (broad SMARTS) is 1. The number of rotatable bonds is 9. The van der Waals surface area contributed by atoms with Gasteiger partial charge in [0.05, 0.1) is 5.41 Å². The molecule has 1 heterocycles. The molecular formula is C34H37N3O5. The average molecular weight is 568 g/mol. The lowest BCUT2D eigenvalue weighted by Gasteiger charge is -2.32. The van der Waals surface area contributed by atoms with E-state index < -0.39 is 23.0 Å². The van der Waals surface area contributed by atoms with Crippen LogP contribution in [0.4, 0.5) is 4.79 Å². The molecule has 0 bridgehead atoms. The highest BCUT2D eigenvalue weighted by atomic mass is 16.5. The summed E-state index contributed by atoms with van der Waals surface area (Å²) >= 11 is 0. The summed E-state index contributed by atoms with van der Waals surface area (Å²) in [5.41, 5.74) is 3.45. The van der Waals surface area contributed by atoms with Gasteiger partial charge >= 0.3 is 12.1 Å². The summed E-state index contributed by atoms with van der Waals surface area (Å²) in [7, 11) is 0. The van der Waals surface area contributed by atoms with E-state index in [1.807, 2.05) is 54.6 Å². The Hall–Kier alpha value is -4.17. The molecule has 3 N–H and O–H groups in total. The molecular weight excluding hydrogens is 530 g/mol. The lowest BCUT2D eigenvalue weighted by atomic mass is 9.85. The van der Waals surface area contributed by atoms with Crippen molar-refractivity contribution in [2.45, 2.75) is 50.1 Å². The first-order chi connectivity index (χ1) is 20.4. The normalized spacial score (nSPS) is 21.0. The number of fused-ring (bicyclic) bond motifs is 3. The van der Waals surface area contributed by atoms with Crippen LogP contribution < -0.4 is 10.6 Å². The summed E-state index contributed by atoms with van der Waals surface area (Å²) in [5.74, 6) is -1.33. The molecule has 1 aliphatic heterocycles. The molecule has 1 saturated heterocycles. The van der Waals surface area contributed by atoms with E-state index in [1.54, 1.807) is 0 Å². The van der Waals surface area contributed by atoms with Crippen LogP contribution in [0.1, 0.15) is 54.7 Å². The number of nitrogens with one attached hydrogen (secondary N) is 2. The van der Waals surface area contributed by atoms with Crippen LogP contribution in [0, 0.1) is 5.41 Å². The van der Waals surface area contributed by atoms with Crippen molar-refractivity contribution in [3.05, 3.63) is 95.6 Å². The fourth-order valence-corrected chi connectivity index (χ4v) is 6.98. The standard InChI is InChI=1S/C34H37N3O5/c38-30(35-22-33(31(39)40)16-8-9-17-33)34(18-19-37(23-34)20-24-10-2-1-3-11-24)36-32(41)42-21-29-27-14-6-4-12-25(27)26-13-5-7-15-28(26)29/h1-7,10-15,29H,8-9,16-23H2,(H,35,38)(H,36,41)(H,39,40). The van der Waals surface area contributed by atoms with Gasteiger partial charge in [-0.05, 0) is 47.1 Å². The molecule has 6 rings (SSSR count). The van der Waals surface area contributed by atoms with Gasteiger partial charge < -0.3 is 20.5 Å². The maximum Gasteiger partial charge on any atom is 0.408 e. The molecule has 1 unspecified atom stereocenters. The number of likely N-dealkylation sites (tertiary alicyclic amines) is 1. The van der Waals surface area contributed by atoms with E-state index >= 15 is 0 Å². The molecule has 1 atom stereocenters. The van der Waals surface area contributed by atoms with E-state index in [0.717, 1.165) is 40.7 Å². The molecule has 3 aromatic rings. The number of ether oxygens (including phenoxy) is 1. The molecule has 2 amide bonds. The number of hydrogen-bond donors (Lipinski definition) is 3. The van der Waals surface area contributed by atoms with Gasteiger partial charge in [-0.2, -0.15) is 0 Å². The Morgan fingerprint density at radius 1 is 0.857 bits per heavy atom. The third-order valence-electron chi connectivity index (χ3n) is 9.32. The molecule has 0 spiro atoms. The summed E-state index contributed by atoms with van der Waals surface area (Å²) in [6.07, 6.45) is 2.48. The maximum absolute atomic E-state index is 13.8. The Balaban J connectivity index is 1.17. The van der Waals surface area contributed by atoms with Crippen LogP contribution in [0.3, 0.4) is 0 Å². The average Bonchev–Trinajstić information content (AvgIpc) is 3.73. The smallest absolute Gasteiger partial charge is 0.408 e. The highest BCUT2D eigenvalue weighted by Crippen LogP contribution is 2.44. The zero-order chi connectivity index (χ0) is 29.2. The van der Waals surface area contributed by atoms with Crippen molar-refractivity contribution in [3.8, 4) is 11.1 Å². The van der Waals surface area contributed by atoms with E-state index in [4.69, 9.17) is 4.74 Å². The van der Waals surface area contributed by atoms with Crippen molar-refractivity contribution in [3.63, 3.8) is 0 Å². The van der Waals surface area contributed by atoms with E-state index in [2.05, 4.69) is 39.8 Å². The van der Waals surface area contributed by atoms with Crippen molar-refractivity contribution < 1.29 is 24.2 Å². The van der Waals surface area contributed by atoms with Crippen LogP contribution in [0.15, 0.2) is 78.9 Å². The first kappa shape index (κ1) is 28.0. The Kier molecular flexibility index (Phi) is 7.73. The summed E-state index contributed by atoms with van der Waals surface area (Å²) in [6, 6.07) is 26.3. The number of nitrogens with zero attached hydrogens (tertiary/aromatic N) is 1. The fourth-order valence-electron chi connectivity index (χ4n) is 6.98. The van der Waals surface area contributed by atoms with Crippen LogP contribution in [0.2, 0.25) is 0 Å². The molecule has 8 nitrogen and oxygen atoms in total. The predicted molar refractivity (Wildman–Crippen MR) is 159 cm³/mol. The molecule has 0 aromatic heterocycles. The van der Waals surface area contributed by atoms with Crippen LogP contribution in [-0.2, 0) is 20.9 Å². The molecule has 1 saturated carbocycles. The third kappa shape index (κ3) is 5.39. The Bertz CT molecular complexity index is 1420. The van der Waals surface area contributed by atoms with Gasteiger partial charge in [-0.15, -0.1) is 0 Å². The molecule has 218 valence electrons. The van der Waals surface area contributed by atoms with Crippen molar-refractivity contribution >= 4 is 18.0 Å². The van der Waals surface area contributed by atoms with E-state index in [9.17, 15) is 19.5 Å². The predicted octanol–water partition coefficient (Wildman–Crippen LogP) is 4.93. The number of amides is 2. The first-order valence-electron chi connectivity index (χ1n) is 14.8. The molecule has 42 heavy (non-hydrogen) atoms. The van der Waals surface area contributed by atoms with Crippen LogP contribution in [0.25, 0.3) is 11.1 Å². The van der Waals surface area contributed by atoms with Crippen LogP contribution >= 0.6 is 0 Å². The van der Waals surface area contributed by atoms with Crippen molar-refractivity contribution in [1.29, 1.82) is 0 Å². The van der Waals surface area contributed by atoms with Gasteiger partial charge in [0.1, 0.15) is 12.1 Å². The van der Waals surface area contributed by atoms with Gasteiger partial charge in [-0.1, -0.05) is 91.7 Å². The number of carbonyl (C=O) groups is 3. The number of benzene rings is 3. The van der Waals surface area contributed by atoms with Gasteiger partial charge in [0.15, 0.2) is 0 Å². The minimum absolute atomic E-state index is 0.0496. The highest BCUT2D eigenvalue weighted by Gasteiger charge is 2.48. The quantitative estimate of drug-likeness (QED) is 0.339. The van der Waals surface area contributed by atoms with Crippen LogP contribution in [0.5, 0.6) is 0 Å². The van der Waals surface area contributed by atoms with Gasteiger partial charge in [-0.25, -0.2) is 4.79 Å². The second-order valence-electron chi connectivity index (χ2n) is 12.0. The number of aliphatic carboxylic acids is 1. The van der Waals surface area contributed by atoms with Crippen molar-refractivity contribution in [1.82, 2.24) is 15.5 Å². The van der Waals surface area contributed by atoms with Gasteiger partial charge in [0, 0.05) is 32.1 Å². The number of hydrogen-bond acceptors (Lipinski definition) is 5. The van der Waals surface area contributed by atoms with E-state index in [1.165, 1.54) is 0 Å². The number of carbonyl (C=O) groups excluding carboxylic acids is 2. The van der Waals surface area contributed by atoms with Gasteiger partial charge in [-0.3, -0.25) is 14.5 Å². The lowest BCUT2D eigenvalue weighted by molar-refractivity contribution is -0.148. The molecule has 8 heteroatoms. The summed E-state index contributed by atoms with van der Waals surface area (Å²) < 4.78 is 5.82. The second kappa shape index (κ2) is 11.6. The Morgan fingerprint density at radius 2 is 1.48 bits per heavy atom. The van der Waals surface area contributed by atoms with Crippen LogP contribution in [-0.4, -0.2) is 59.8 Å². The molecule has 2 fully saturated rings. The minimum atomic E-state index is -1.23.